The van der Waals surface area contributed by atoms with Crippen molar-refractivity contribution in [3.8, 4) is 28.0 Å². The summed E-state index contributed by atoms with van der Waals surface area (Å²) in [5.41, 5.74) is 4.87. The third-order valence-corrected chi connectivity index (χ3v) is 8.82. The molecule has 3 heterocycles. The predicted molar refractivity (Wildman–Crippen MR) is 147 cm³/mol. The summed E-state index contributed by atoms with van der Waals surface area (Å²) in [4.78, 5) is 8.27. The highest BCUT2D eigenvalue weighted by atomic mass is 32.2. The number of likely N-dealkylation sites (tertiary alicyclic amines) is 1. The van der Waals surface area contributed by atoms with Crippen LogP contribution in [0.5, 0.6) is 5.75 Å². The second kappa shape index (κ2) is 10.1. The highest BCUT2D eigenvalue weighted by Crippen LogP contribution is 2.41. The Bertz CT molecular complexity index is 1390. The van der Waals surface area contributed by atoms with Gasteiger partial charge in [-0.2, -0.15) is 9.28 Å². The number of β-amino-alcohol motifs (C(OH)–C–C–N with tert-alkyl or cyclic N) is 1. The molecular formula is C29H33N4O3S+. The Hall–Kier alpha value is -2.91. The van der Waals surface area contributed by atoms with Crippen molar-refractivity contribution in [2.24, 2.45) is 0 Å². The van der Waals surface area contributed by atoms with E-state index in [-0.39, 0.29) is 22.9 Å². The fourth-order valence-electron chi connectivity index (χ4n) is 5.15. The number of benzene rings is 2. The number of aliphatic hydroxyl groups is 1. The lowest BCUT2D eigenvalue weighted by Gasteiger charge is -2.33. The molecule has 37 heavy (non-hydrogen) atoms. The number of fused-ring (bicyclic) bond motifs is 1. The van der Waals surface area contributed by atoms with Crippen molar-refractivity contribution in [2.75, 3.05) is 33.0 Å². The summed E-state index contributed by atoms with van der Waals surface area (Å²) in [5.74, 6) is 0.889. The van der Waals surface area contributed by atoms with Gasteiger partial charge in [0.15, 0.2) is 21.7 Å². The largest absolute Gasteiger partial charge is 0.486 e. The van der Waals surface area contributed by atoms with Gasteiger partial charge in [0.1, 0.15) is 17.6 Å². The fraction of sp³-hybridized carbons (Fsp3) is 0.379. The van der Waals surface area contributed by atoms with Crippen molar-refractivity contribution >= 4 is 16.8 Å². The summed E-state index contributed by atoms with van der Waals surface area (Å²) >= 11 is -0.253. The molecule has 1 saturated carbocycles. The summed E-state index contributed by atoms with van der Waals surface area (Å²) in [7, 11) is 1.73. The van der Waals surface area contributed by atoms with Crippen molar-refractivity contribution in [1.82, 2.24) is 19.5 Å². The molecule has 8 heteroatoms. The molecule has 2 aliphatic rings. The van der Waals surface area contributed by atoms with Crippen molar-refractivity contribution in [3.05, 3.63) is 67.1 Å². The average molecular weight is 518 g/mol. The van der Waals surface area contributed by atoms with Gasteiger partial charge in [-0.05, 0) is 61.6 Å². The lowest BCUT2D eigenvalue weighted by atomic mass is 10.1. The fourth-order valence-corrected chi connectivity index (χ4v) is 5.90. The van der Waals surface area contributed by atoms with Gasteiger partial charge in [0.25, 0.3) is 0 Å². The number of hydrogen-bond acceptors (Lipinski definition) is 6. The maximum atomic E-state index is 9.99. The van der Waals surface area contributed by atoms with Crippen LogP contribution in [0.15, 0.2) is 72.0 Å². The minimum atomic E-state index is -0.253. The Morgan fingerprint density at radius 3 is 2.68 bits per heavy atom. The molecule has 1 aliphatic carbocycles. The van der Waals surface area contributed by atoms with E-state index in [0.29, 0.717) is 0 Å². The predicted octanol–water partition coefficient (Wildman–Crippen LogP) is 4.60. The second-order valence-corrected chi connectivity index (χ2v) is 11.9. The quantitative estimate of drug-likeness (QED) is 0.345. The van der Waals surface area contributed by atoms with E-state index in [4.69, 9.17) is 13.9 Å². The van der Waals surface area contributed by atoms with Crippen LogP contribution >= 0.6 is 0 Å². The van der Waals surface area contributed by atoms with Gasteiger partial charge in [0.05, 0.1) is 19.4 Å². The minimum Gasteiger partial charge on any atom is -0.486 e. The molecular weight excluding hydrogens is 484 g/mol. The van der Waals surface area contributed by atoms with Crippen LogP contribution < -0.4 is 4.74 Å². The molecule has 0 bridgehead atoms. The van der Waals surface area contributed by atoms with Gasteiger partial charge >= 0.3 is 0 Å². The normalized spacial score (nSPS) is 20.1. The first-order chi connectivity index (χ1) is 18.0. The number of hydrogen-bond donors (Lipinski definition) is 1. The van der Waals surface area contributed by atoms with Gasteiger partial charge in [-0.1, -0.05) is 24.3 Å². The molecule has 1 N–H and O–H groups in total. The molecule has 1 aliphatic heterocycles. The van der Waals surface area contributed by atoms with E-state index in [1.54, 1.807) is 7.11 Å². The van der Waals surface area contributed by atoms with Crippen molar-refractivity contribution in [1.29, 1.82) is 0 Å². The number of ether oxygens (including phenoxy) is 1. The summed E-state index contributed by atoms with van der Waals surface area (Å²) in [6.07, 6.45) is 11.8. The standard InChI is InChI=1S/C29H33N4O3S/c1-35-37(2)26-7-3-5-22(15-26)27-17-31-33-18-23(16-30-28(27)33)21-8-10-25(11-9-21)36-29(12-13-29)20-32-14-4-6-24(34)19-32/h3,5,7-11,15-18,24,34H,4,6,12-14,19-20H2,1-2H3/q+1. The molecule has 0 radical (unpaired) electrons. The summed E-state index contributed by atoms with van der Waals surface area (Å²) in [5, 5.41) is 14.6. The van der Waals surface area contributed by atoms with Crippen LogP contribution in [-0.4, -0.2) is 69.3 Å². The molecule has 2 atom stereocenters. The molecule has 2 aromatic carbocycles. The van der Waals surface area contributed by atoms with Gasteiger partial charge in [0, 0.05) is 42.7 Å². The molecule has 1 saturated heterocycles. The Morgan fingerprint density at radius 2 is 1.92 bits per heavy atom. The van der Waals surface area contributed by atoms with E-state index in [1.165, 1.54) is 0 Å². The number of aliphatic hydroxyl groups excluding tert-OH is 1. The minimum absolute atomic E-state index is 0.108. The molecule has 7 nitrogen and oxygen atoms in total. The summed E-state index contributed by atoms with van der Waals surface area (Å²) in [6, 6.07) is 16.6. The van der Waals surface area contributed by atoms with Crippen molar-refractivity contribution in [2.45, 2.75) is 42.3 Å². The molecule has 2 fully saturated rings. The number of piperidine rings is 1. The monoisotopic (exact) mass is 517 g/mol. The Balaban J connectivity index is 1.17. The zero-order valence-electron chi connectivity index (χ0n) is 21.3. The SMILES string of the molecule is CO[S+](C)c1cccc(-c2cnn3cc(-c4ccc(OC5(CN6CCCC(O)C6)CC5)cc4)cnc23)c1. The third kappa shape index (κ3) is 5.25. The maximum Gasteiger partial charge on any atom is 0.190 e. The Kier molecular flexibility index (Phi) is 6.67. The summed E-state index contributed by atoms with van der Waals surface area (Å²) < 4.78 is 13.8. The first kappa shape index (κ1) is 24.4. The smallest absolute Gasteiger partial charge is 0.190 e. The van der Waals surface area contributed by atoms with Crippen LogP contribution in [0.1, 0.15) is 25.7 Å². The molecule has 0 amide bonds. The van der Waals surface area contributed by atoms with Gasteiger partial charge in [-0.15, -0.1) is 0 Å². The van der Waals surface area contributed by atoms with Gasteiger partial charge in [0.2, 0.25) is 0 Å². The maximum absolute atomic E-state index is 9.99. The zero-order chi connectivity index (χ0) is 25.4. The Morgan fingerprint density at radius 1 is 1.08 bits per heavy atom. The van der Waals surface area contributed by atoms with E-state index in [0.717, 1.165) is 83.9 Å². The van der Waals surface area contributed by atoms with Crippen LogP contribution in [0.25, 0.3) is 27.9 Å². The lowest BCUT2D eigenvalue weighted by Crippen LogP contribution is -2.44. The molecule has 0 spiro atoms. The van der Waals surface area contributed by atoms with Gasteiger partial charge < -0.3 is 9.84 Å². The van der Waals surface area contributed by atoms with Crippen molar-refractivity contribution < 1.29 is 14.0 Å². The molecule has 6 rings (SSSR count). The molecule has 4 aromatic rings. The van der Waals surface area contributed by atoms with E-state index in [9.17, 15) is 5.11 Å². The van der Waals surface area contributed by atoms with E-state index < -0.39 is 0 Å². The second-order valence-electron chi connectivity index (χ2n) is 10.2. The molecule has 192 valence electrons. The first-order valence-corrected chi connectivity index (χ1v) is 14.4. The summed E-state index contributed by atoms with van der Waals surface area (Å²) in [6.45, 7) is 2.69. The number of aromatic nitrogens is 3. The van der Waals surface area contributed by atoms with Crippen LogP contribution in [-0.2, 0) is 15.4 Å². The van der Waals surface area contributed by atoms with Gasteiger partial charge in [-0.3, -0.25) is 4.90 Å². The van der Waals surface area contributed by atoms with Crippen LogP contribution in [0, 0.1) is 0 Å². The third-order valence-electron chi connectivity index (χ3n) is 7.41. The number of nitrogens with zero attached hydrogens (tertiary/aromatic N) is 4. The van der Waals surface area contributed by atoms with Crippen LogP contribution in [0.2, 0.25) is 0 Å². The van der Waals surface area contributed by atoms with Gasteiger partial charge in [-0.25, -0.2) is 9.50 Å². The highest BCUT2D eigenvalue weighted by molar-refractivity contribution is 7.91. The first-order valence-electron chi connectivity index (χ1n) is 12.9. The average Bonchev–Trinajstić information content (AvgIpc) is 3.53. The number of rotatable bonds is 8. The zero-order valence-corrected chi connectivity index (χ0v) is 22.2. The van der Waals surface area contributed by atoms with E-state index in [1.807, 2.05) is 35.2 Å². The topological polar surface area (TPSA) is 72.1 Å². The van der Waals surface area contributed by atoms with Crippen LogP contribution in [0.3, 0.4) is 0 Å². The Labute approximate surface area is 220 Å². The van der Waals surface area contributed by atoms with E-state index in [2.05, 4.69) is 52.7 Å². The van der Waals surface area contributed by atoms with E-state index >= 15 is 0 Å². The lowest BCUT2D eigenvalue weighted by molar-refractivity contribution is 0.0389. The molecule has 2 aromatic heterocycles. The van der Waals surface area contributed by atoms with Crippen LogP contribution in [0.4, 0.5) is 0 Å². The highest BCUT2D eigenvalue weighted by Gasteiger charge is 2.47. The molecule has 2 unspecified atom stereocenters. The van der Waals surface area contributed by atoms with Crippen molar-refractivity contribution in [3.63, 3.8) is 0 Å².